The van der Waals surface area contributed by atoms with Gasteiger partial charge >= 0.3 is 0 Å². The highest BCUT2D eigenvalue weighted by atomic mass is 32.1. The molecule has 1 aliphatic rings. The lowest BCUT2D eigenvalue weighted by Crippen LogP contribution is -2.29. The van der Waals surface area contributed by atoms with E-state index < -0.39 is 0 Å². The molecule has 3 heterocycles. The number of aryl methyl sites for hydroxylation is 2. The van der Waals surface area contributed by atoms with E-state index in [0.717, 1.165) is 45.3 Å². The van der Waals surface area contributed by atoms with Gasteiger partial charge in [-0.1, -0.05) is 19.9 Å². The van der Waals surface area contributed by atoms with E-state index in [0.29, 0.717) is 5.11 Å². The van der Waals surface area contributed by atoms with Crippen LogP contribution in [0.15, 0.2) is 72.9 Å². The maximum absolute atomic E-state index is 13.7. The van der Waals surface area contributed by atoms with Gasteiger partial charge in [0.25, 0.3) is 0 Å². The molecular formula is C31H32FN5OS. The van der Waals surface area contributed by atoms with Gasteiger partial charge in [0.05, 0.1) is 17.8 Å². The molecule has 1 aliphatic heterocycles. The van der Waals surface area contributed by atoms with Gasteiger partial charge in [0.2, 0.25) is 5.91 Å². The highest BCUT2D eigenvalue weighted by Gasteiger charge is 2.42. The van der Waals surface area contributed by atoms with Gasteiger partial charge in [-0.05, 0) is 105 Å². The Morgan fingerprint density at radius 2 is 1.74 bits per heavy atom. The first-order valence-corrected chi connectivity index (χ1v) is 13.4. The van der Waals surface area contributed by atoms with Crippen LogP contribution >= 0.6 is 12.2 Å². The Bertz CT molecular complexity index is 1530. The molecule has 5 rings (SSSR count). The molecule has 0 bridgehead atoms. The fourth-order valence-electron chi connectivity index (χ4n) is 5.24. The molecule has 1 fully saturated rings. The first-order valence-electron chi connectivity index (χ1n) is 13.0. The molecule has 2 N–H and O–H groups in total. The second-order valence-electron chi connectivity index (χ2n) is 10.3. The normalized spacial score (nSPS) is 17.0. The van der Waals surface area contributed by atoms with Crippen molar-refractivity contribution < 1.29 is 9.18 Å². The Morgan fingerprint density at radius 1 is 1.03 bits per heavy atom. The third-order valence-corrected chi connectivity index (χ3v) is 7.56. The van der Waals surface area contributed by atoms with Crippen LogP contribution in [0.4, 0.5) is 15.8 Å². The molecule has 1 saturated heterocycles. The van der Waals surface area contributed by atoms with Crippen molar-refractivity contribution in [3.63, 3.8) is 0 Å². The molecule has 4 aromatic rings. The number of hydrogen-bond donors (Lipinski definition) is 2. The Labute approximate surface area is 233 Å². The third-order valence-electron chi connectivity index (χ3n) is 7.24. The topological polar surface area (TPSA) is 62.2 Å². The summed E-state index contributed by atoms with van der Waals surface area (Å²) in [5, 5.41) is 7.13. The van der Waals surface area contributed by atoms with Crippen LogP contribution in [0, 0.1) is 32.5 Å². The number of halogens is 1. The number of nitrogens with one attached hydrogen (secondary N) is 2. The molecular weight excluding hydrogens is 509 g/mol. The number of benzene rings is 2. The van der Waals surface area contributed by atoms with Crippen LogP contribution in [0.5, 0.6) is 0 Å². The van der Waals surface area contributed by atoms with E-state index in [2.05, 4.69) is 51.1 Å². The molecule has 39 heavy (non-hydrogen) atoms. The molecule has 2 aromatic carbocycles. The SMILES string of the molecule is Cc1cc(N2C(=S)N[C@@H](c3ccccn3)[C@@H]2c2cc(C)n(-c3ccc(F)cc3)c2C)ccc1NC(=O)C(C)C. The lowest BCUT2D eigenvalue weighted by atomic mass is 9.96. The van der Waals surface area contributed by atoms with Crippen molar-refractivity contribution in [2.75, 3.05) is 10.2 Å². The van der Waals surface area contributed by atoms with E-state index >= 15 is 0 Å². The molecule has 1 amide bonds. The lowest BCUT2D eigenvalue weighted by Gasteiger charge is -2.29. The van der Waals surface area contributed by atoms with Crippen molar-refractivity contribution in [1.29, 1.82) is 0 Å². The second kappa shape index (κ2) is 10.6. The summed E-state index contributed by atoms with van der Waals surface area (Å²) < 4.78 is 15.8. The minimum absolute atomic E-state index is 0.0227. The van der Waals surface area contributed by atoms with Gasteiger partial charge < -0.3 is 20.1 Å². The number of hydrogen-bond acceptors (Lipinski definition) is 3. The smallest absolute Gasteiger partial charge is 0.226 e. The third kappa shape index (κ3) is 5.04. The van der Waals surface area contributed by atoms with E-state index in [9.17, 15) is 9.18 Å². The Morgan fingerprint density at radius 3 is 2.38 bits per heavy atom. The molecule has 6 nitrogen and oxygen atoms in total. The van der Waals surface area contributed by atoms with Gasteiger partial charge in [-0.2, -0.15) is 0 Å². The van der Waals surface area contributed by atoms with Crippen LogP contribution in [0.2, 0.25) is 0 Å². The van der Waals surface area contributed by atoms with Crippen LogP contribution in [0.3, 0.4) is 0 Å². The van der Waals surface area contributed by atoms with Crippen LogP contribution < -0.4 is 15.5 Å². The number of nitrogens with zero attached hydrogens (tertiary/aromatic N) is 3. The molecule has 2 atom stereocenters. The summed E-state index contributed by atoms with van der Waals surface area (Å²) in [6.07, 6.45) is 1.79. The number of anilines is 2. The number of carbonyl (C=O) groups is 1. The van der Waals surface area contributed by atoms with Gasteiger partial charge in [0.15, 0.2) is 5.11 Å². The lowest BCUT2D eigenvalue weighted by molar-refractivity contribution is -0.118. The van der Waals surface area contributed by atoms with Crippen LogP contribution in [-0.4, -0.2) is 20.6 Å². The van der Waals surface area contributed by atoms with Crippen molar-refractivity contribution >= 4 is 34.6 Å². The Kier molecular flexibility index (Phi) is 7.23. The van der Waals surface area contributed by atoms with Gasteiger partial charge in [-0.3, -0.25) is 9.78 Å². The highest BCUT2D eigenvalue weighted by Crippen LogP contribution is 2.44. The van der Waals surface area contributed by atoms with Gasteiger partial charge in [0.1, 0.15) is 5.82 Å². The summed E-state index contributed by atoms with van der Waals surface area (Å²) in [4.78, 5) is 19.1. The van der Waals surface area contributed by atoms with Crippen molar-refractivity contribution in [2.24, 2.45) is 5.92 Å². The number of carbonyl (C=O) groups excluding carboxylic acids is 1. The largest absolute Gasteiger partial charge is 0.351 e. The van der Waals surface area contributed by atoms with Crippen LogP contribution in [0.1, 0.15) is 54.1 Å². The summed E-state index contributed by atoms with van der Waals surface area (Å²) in [6.45, 7) is 9.86. The van der Waals surface area contributed by atoms with Gasteiger partial charge in [-0.15, -0.1) is 0 Å². The maximum atomic E-state index is 13.7. The zero-order chi connectivity index (χ0) is 27.8. The number of amides is 1. The second-order valence-corrected chi connectivity index (χ2v) is 10.7. The molecule has 8 heteroatoms. The standard InChI is InChI=1S/C31H32FN5OS/c1-18(2)30(38)34-26-14-13-24(16-19(26)3)37-29(28(35-31(37)39)27-8-6-7-15-33-27)25-17-20(4)36(21(25)5)23-11-9-22(32)10-12-23/h6-18,28-29H,1-5H3,(H,34,38)(H,35,39)/t28-,29-/m0/s1. The number of aromatic nitrogens is 2. The summed E-state index contributed by atoms with van der Waals surface area (Å²) >= 11 is 5.92. The summed E-state index contributed by atoms with van der Waals surface area (Å²) in [5.41, 5.74) is 7.60. The molecule has 200 valence electrons. The van der Waals surface area contributed by atoms with Crippen LogP contribution in [-0.2, 0) is 4.79 Å². The van der Waals surface area contributed by atoms with Crippen molar-refractivity contribution in [3.8, 4) is 5.69 Å². The van der Waals surface area contributed by atoms with Crippen molar-refractivity contribution in [1.82, 2.24) is 14.9 Å². The summed E-state index contributed by atoms with van der Waals surface area (Å²) in [5.74, 6) is -0.401. The minimum Gasteiger partial charge on any atom is -0.351 e. The fourth-order valence-corrected chi connectivity index (χ4v) is 5.58. The zero-order valence-electron chi connectivity index (χ0n) is 22.7. The summed E-state index contributed by atoms with van der Waals surface area (Å²) in [6, 6.07) is 20.2. The Hall–Kier alpha value is -4.04. The van der Waals surface area contributed by atoms with E-state index in [1.54, 1.807) is 18.3 Å². The number of pyridine rings is 1. The van der Waals surface area contributed by atoms with Crippen LogP contribution in [0.25, 0.3) is 5.69 Å². The van der Waals surface area contributed by atoms with Crippen molar-refractivity contribution in [2.45, 2.75) is 46.7 Å². The van der Waals surface area contributed by atoms with E-state index in [-0.39, 0.29) is 29.7 Å². The first-order chi connectivity index (χ1) is 18.7. The van der Waals surface area contributed by atoms with E-state index in [1.165, 1.54) is 12.1 Å². The van der Waals surface area contributed by atoms with E-state index in [4.69, 9.17) is 12.2 Å². The van der Waals surface area contributed by atoms with Crippen molar-refractivity contribution in [3.05, 3.63) is 107 Å². The quantitative estimate of drug-likeness (QED) is 0.266. The molecule has 2 aromatic heterocycles. The zero-order valence-corrected chi connectivity index (χ0v) is 23.5. The molecule has 0 saturated carbocycles. The molecule has 0 aliphatic carbocycles. The molecule has 0 radical (unpaired) electrons. The highest BCUT2D eigenvalue weighted by molar-refractivity contribution is 7.80. The summed E-state index contributed by atoms with van der Waals surface area (Å²) in [7, 11) is 0. The van der Waals surface area contributed by atoms with E-state index in [1.807, 2.05) is 51.1 Å². The number of thiocarbonyl (C=S) groups is 1. The molecule has 0 unspecified atom stereocenters. The fraction of sp³-hybridized carbons (Fsp3) is 0.258. The predicted octanol–water partition coefficient (Wildman–Crippen LogP) is 6.71. The van der Waals surface area contributed by atoms with Gasteiger partial charge in [0, 0.05) is 40.6 Å². The number of rotatable bonds is 6. The predicted molar refractivity (Wildman–Crippen MR) is 158 cm³/mol. The molecule has 0 spiro atoms. The maximum Gasteiger partial charge on any atom is 0.226 e. The Balaban J connectivity index is 1.61. The van der Waals surface area contributed by atoms with Gasteiger partial charge in [-0.25, -0.2) is 4.39 Å². The monoisotopic (exact) mass is 541 g/mol. The minimum atomic E-state index is -0.267. The average Bonchev–Trinajstić information content (AvgIpc) is 3.41. The average molecular weight is 542 g/mol. The first kappa shape index (κ1) is 26.6.